The smallest absolute Gasteiger partial charge is 0.181 e. The minimum atomic E-state index is -3.04. The van der Waals surface area contributed by atoms with Crippen LogP contribution in [0.2, 0.25) is 0 Å². The largest absolute Gasteiger partial charge is 0.309 e. The second-order valence-electron chi connectivity index (χ2n) is 16.8. The Bertz CT molecular complexity index is 3830. The monoisotopic (exact) mass is 831 g/mol. The SMILES string of the molecule is c1ccc(-n2c3ccccc3c3cc4c5ccccc5n(-c5ccc([Si](c6ccccc6)(c6ccccc6)c6cccc7c8ccccc8n(-c8ccccc8)c67)cc5)c4cc32)cc1. The Hall–Kier alpha value is -8.18. The van der Waals surface area contributed by atoms with Gasteiger partial charge in [-0.2, -0.15) is 0 Å². The third-order valence-electron chi connectivity index (χ3n) is 13.6. The van der Waals surface area contributed by atoms with Crippen LogP contribution in [0.15, 0.2) is 249 Å². The molecule has 13 rings (SSSR count). The van der Waals surface area contributed by atoms with Crippen LogP contribution in [0, 0.1) is 0 Å². The van der Waals surface area contributed by atoms with E-state index in [1.807, 2.05) is 0 Å². The number of hydrogen-bond donors (Lipinski definition) is 0. The highest BCUT2D eigenvalue weighted by Crippen LogP contribution is 2.40. The summed E-state index contributed by atoms with van der Waals surface area (Å²) in [5, 5.41) is 12.9. The van der Waals surface area contributed by atoms with Gasteiger partial charge in [0.05, 0.1) is 33.1 Å². The lowest BCUT2D eigenvalue weighted by Crippen LogP contribution is -2.75. The molecule has 3 heterocycles. The number of fused-ring (bicyclic) bond motifs is 9. The maximum absolute atomic E-state index is 3.04. The quantitative estimate of drug-likeness (QED) is 0.112. The number of hydrogen-bond acceptors (Lipinski definition) is 0. The summed E-state index contributed by atoms with van der Waals surface area (Å²) < 4.78 is 7.41. The lowest BCUT2D eigenvalue weighted by Gasteiger charge is -2.35. The molecule has 300 valence electrons. The van der Waals surface area contributed by atoms with Crippen LogP contribution in [0.4, 0.5) is 0 Å². The Morgan fingerprint density at radius 3 is 1.12 bits per heavy atom. The lowest BCUT2D eigenvalue weighted by molar-refractivity contribution is 1.17. The third-order valence-corrected chi connectivity index (χ3v) is 18.4. The van der Waals surface area contributed by atoms with Gasteiger partial charge in [-0.25, -0.2) is 0 Å². The van der Waals surface area contributed by atoms with Gasteiger partial charge in [-0.05, 0) is 87.5 Å². The van der Waals surface area contributed by atoms with Crippen molar-refractivity contribution in [1.29, 1.82) is 0 Å². The molecule has 64 heavy (non-hydrogen) atoms. The fraction of sp³-hybridized carbons (Fsp3) is 0. The molecule has 13 aromatic rings. The molecule has 0 atom stereocenters. The van der Waals surface area contributed by atoms with Gasteiger partial charge in [0.1, 0.15) is 0 Å². The second-order valence-corrected chi connectivity index (χ2v) is 20.6. The van der Waals surface area contributed by atoms with Crippen molar-refractivity contribution < 1.29 is 0 Å². The number of rotatable bonds is 7. The van der Waals surface area contributed by atoms with Crippen LogP contribution >= 0.6 is 0 Å². The minimum absolute atomic E-state index is 1.14. The zero-order chi connectivity index (χ0) is 42.2. The van der Waals surface area contributed by atoms with Gasteiger partial charge in [0.15, 0.2) is 8.07 Å². The molecule has 0 fully saturated rings. The molecule has 0 unspecified atom stereocenters. The topological polar surface area (TPSA) is 14.8 Å². The highest BCUT2D eigenvalue weighted by Gasteiger charge is 2.43. The highest BCUT2D eigenvalue weighted by atomic mass is 28.3. The van der Waals surface area contributed by atoms with Crippen LogP contribution in [-0.4, -0.2) is 21.8 Å². The molecule has 0 saturated carbocycles. The molecule has 4 heteroatoms. The first-order valence-electron chi connectivity index (χ1n) is 22.1. The summed E-state index contributed by atoms with van der Waals surface area (Å²) >= 11 is 0. The van der Waals surface area contributed by atoms with Crippen molar-refractivity contribution in [3.63, 3.8) is 0 Å². The summed E-state index contributed by atoms with van der Waals surface area (Å²) in [6.07, 6.45) is 0. The summed E-state index contributed by atoms with van der Waals surface area (Å²) in [6, 6.07) is 92.4. The molecule has 0 aliphatic rings. The minimum Gasteiger partial charge on any atom is -0.309 e. The molecule has 0 amide bonds. The maximum Gasteiger partial charge on any atom is 0.181 e. The summed E-state index contributed by atoms with van der Waals surface area (Å²) in [5.74, 6) is 0. The van der Waals surface area contributed by atoms with Gasteiger partial charge >= 0.3 is 0 Å². The van der Waals surface area contributed by atoms with Crippen molar-refractivity contribution in [3.8, 4) is 17.1 Å². The predicted molar refractivity (Wildman–Crippen MR) is 273 cm³/mol. The second kappa shape index (κ2) is 14.5. The van der Waals surface area contributed by atoms with Crippen molar-refractivity contribution >= 4 is 94.2 Å². The Morgan fingerprint density at radius 1 is 0.234 bits per heavy atom. The Labute approximate surface area is 372 Å². The van der Waals surface area contributed by atoms with E-state index >= 15 is 0 Å². The maximum atomic E-state index is 2.51. The Morgan fingerprint density at radius 2 is 0.609 bits per heavy atom. The first kappa shape index (κ1) is 36.5. The molecule has 0 radical (unpaired) electrons. The third kappa shape index (κ3) is 5.27. The molecule has 0 spiro atoms. The normalized spacial score (nSPS) is 12.1. The van der Waals surface area contributed by atoms with Crippen molar-refractivity contribution in [2.45, 2.75) is 0 Å². The number of aromatic nitrogens is 3. The van der Waals surface area contributed by atoms with Crippen LogP contribution in [0.1, 0.15) is 0 Å². The van der Waals surface area contributed by atoms with Gasteiger partial charge in [-0.3, -0.25) is 0 Å². The predicted octanol–water partition coefficient (Wildman–Crippen LogP) is 12.4. The van der Waals surface area contributed by atoms with Gasteiger partial charge in [-0.1, -0.05) is 182 Å². The van der Waals surface area contributed by atoms with Crippen molar-refractivity contribution in [2.75, 3.05) is 0 Å². The van der Waals surface area contributed by atoms with E-state index in [9.17, 15) is 0 Å². The van der Waals surface area contributed by atoms with Gasteiger partial charge in [0.2, 0.25) is 0 Å². The van der Waals surface area contributed by atoms with Crippen molar-refractivity contribution in [1.82, 2.24) is 13.7 Å². The average Bonchev–Trinajstić information content (AvgIpc) is 4.00. The molecular weight excluding hydrogens is 791 g/mol. The Kier molecular flexibility index (Phi) is 8.23. The first-order valence-corrected chi connectivity index (χ1v) is 24.1. The van der Waals surface area contributed by atoms with Gasteiger partial charge in [0.25, 0.3) is 0 Å². The zero-order valence-corrected chi connectivity index (χ0v) is 36.0. The van der Waals surface area contributed by atoms with Crippen LogP contribution in [-0.2, 0) is 0 Å². The Balaban J connectivity index is 1.10. The summed E-state index contributed by atoms with van der Waals surface area (Å²) in [7, 11) is -3.04. The number of benzene rings is 10. The van der Waals surface area contributed by atoms with E-state index < -0.39 is 8.07 Å². The standard InChI is InChI=1S/C60H41N3Si/c1-5-20-42(21-6-1)61-54-32-16-14-29-49(54)52-40-53-50-30-15-17-33-55(50)62(58(53)41-57(52)61)44-36-38-47(39-37-44)64(45-24-9-3-10-25-45,46-26-11-4-12-27-46)59-35-19-31-51-48-28-13-18-34-56(48)63(60(51)59)43-22-7-2-8-23-43/h1-41H. The van der Waals surface area contributed by atoms with Crippen LogP contribution in [0.5, 0.6) is 0 Å². The summed E-state index contributed by atoms with van der Waals surface area (Å²) in [4.78, 5) is 0. The van der Waals surface area contributed by atoms with Crippen LogP contribution in [0.25, 0.3) is 82.5 Å². The molecule has 0 saturated heterocycles. The van der Waals surface area contributed by atoms with Crippen molar-refractivity contribution in [3.05, 3.63) is 249 Å². The van der Waals surface area contributed by atoms with E-state index in [4.69, 9.17) is 0 Å². The van der Waals surface area contributed by atoms with Gasteiger partial charge in [0, 0.05) is 49.4 Å². The summed E-state index contributed by atoms with van der Waals surface area (Å²) in [6.45, 7) is 0. The molecule has 10 aromatic carbocycles. The van der Waals surface area contributed by atoms with Gasteiger partial charge < -0.3 is 13.7 Å². The fourth-order valence-electron chi connectivity index (χ4n) is 10.9. The van der Waals surface area contributed by atoms with E-state index in [0.717, 1.165) is 17.1 Å². The van der Waals surface area contributed by atoms with E-state index in [2.05, 4.69) is 262 Å². The van der Waals surface area contributed by atoms with E-state index in [1.54, 1.807) is 0 Å². The molecule has 3 aromatic heterocycles. The van der Waals surface area contributed by atoms with E-state index in [1.165, 1.54) is 86.2 Å². The van der Waals surface area contributed by atoms with Crippen molar-refractivity contribution in [2.24, 2.45) is 0 Å². The van der Waals surface area contributed by atoms with E-state index in [-0.39, 0.29) is 0 Å². The van der Waals surface area contributed by atoms with Gasteiger partial charge in [-0.15, -0.1) is 0 Å². The highest BCUT2D eigenvalue weighted by molar-refractivity contribution is 7.20. The molecular formula is C60H41N3Si. The van der Waals surface area contributed by atoms with Crippen LogP contribution < -0.4 is 20.7 Å². The fourth-order valence-corrected chi connectivity index (χ4v) is 15.9. The summed E-state index contributed by atoms with van der Waals surface area (Å²) in [5.41, 5.74) is 10.7. The number of para-hydroxylation sites is 6. The number of nitrogens with zero attached hydrogens (tertiary/aromatic N) is 3. The first-order chi connectivity index (χ1) is 31.8. The molecule has 0 N–H and O–H groups in total. The molecule has 0 aliphatic heterocycles. The zero-order valence-electron chi connectivity index (χ0n) is 35.0. The van der Waals surface area contributed by atoms with Crippen LogP contribution in [0.3, 0.4) is 0 Å². The van der Waals surface area contributed by atoms with E-state index in [0.29, 0.717) is 0 Å². The average molecular weight is 832 g/mol. The molecule has 0 bridgehead atoms. The lowest BCUT2D eigenvalue weighted by atomic mass is 10.1. The molecule has 0 aliphatic carbocycles. The molecule has 3 nitrogen and oxygen atoms in total.